The molecule has 0 aliphatic heterocycles. The molecule has 0 fully saturated rings. The second-order valence-corrected chi connectivity index (χ2v) is 8.80. The van der Waals surface area contributed by atoms with Gasteiger partial charge in [0.05, 0.1) is 12.7 Å². The Kier molecular flexibility index (Phi) is 7.96. The van der Waals surface area contributed by atoms with Gasteiger partial charge in [-0.1, -0.05) is 109 Å². The van der Waals surface area contributed by atoms with Gasteiger partial charge in [-0.3, -0.25) is 4.79 Å². The largest absolute Gasteiger partial charge is 0.467 e. The fraction of sp³-hybridized carbons (Fsp3) is 0.161. The van der Waals surface area contributed by atoms with Gasteiger partial charge in [0.25, 0.3) is 0 Å². The number of hydrogen-bond donors (Lipinski definition) is 1. The van der Waals surface area contributed by atoms with E-state index in [9.17, 15) is 22.8 Å². The van der Waals surface area contributed by atoms with E-state index < -0.39 is 35.1 Å². The second-order valence-electron chi connectivity index (χ2n) is 8.80. The zero-order valence-electron chi connectivity index (χ0n) is 20.6. The third-order valence-corrected chi connectivity index (χ3v) is 6.45. The Bertz CT molecular complexity index is 1280. The zero-order chi connectivity index (χ0) is 27.2. The van der Waals surface area contributed by atoms with Crippen LogP contribution in [0.2, 0.25) is 0 Å². The van der Waals surface area contributed by atoms with Crippen LogP contribution in [-0.2, 0) is 32.3 Å². The maximum Gasteiger partial charge on any atom is 0.416 e. The summed E-state index contributed by atoms with van der Waals surface area (Å²) in [5.41, 5.74) is 0.0364. The van der Waals surface area contributed by atoms with Crippen LogP contribution in [0, 0.1) is 0 Å². The first-order valence-electron chi connectivity index (χ1n) is 12.0. The van der Waals surface area contributed by atoms with E-state index in [4.69, 9.17) is 4.74 Å². The Hall–Kier alpha value is -4.39. The van der Waals surface area contributed by atoms with E-state index in [1.54, 1.807) is 0 Å². The number of carbonyl (C=O) groups excluding carboxylic acids is 2. The van der Waals surface area contributed by atoms with Crippen LogP contribution in [0.4, 0.5) is 13.2 Å². The molecule has 0 saturated heterocycles. The fourth-order valence-corrected chi connectivity index (χ4v) is 4.67. The molecule has 7 heteroatoms. The molecule has 0 unspecified atom stereocenters. The third-order valence-electron chi connectivity index (χ3n) is 6.45. The molecule has 0 spiro atoms. The number of amides is 1. The van der Waals surface area contributed by atoms with Gasteiger partial charge in [-0.25, -0.2) is 4.79 Å². The lowest BCUT2D eigenvalue weighted by molar-refractivity contribution is -0.145. The van der Waals surface area contributed by atoms with Crippen LogP contribution in [0.25, 0.3) is 0 Å². The standard InChI is InChI=1S/C31H26F3NO3/c1-38-28(36)27(21-22-12-11-19-26(20-22)31(32,33)34)35-29(37)30(23-13-5-2-6-14-23,24-15-7-3-8-16-24)25-17-9-4-10-18-25/h2-20,27H,21H2,1H3,(H,35,37)/t27-/m0/s1. The minimum Gasteiger partial charge on any atom is -0.467 e. The summed E-state index contributed by atoms with van der Waals surface area (Å²) in [6.07, 6.45) is -4.72. The molecule has 0 aliphatic rings. The fourth-order valence-electron chi connectivity index (χ4n) is 4.67. The number of rotatable bonds is 8. The molecule has 0 heterocycles. The maximum absolute atomic E-state index is 14.4. The van der Waals surface area contributed by atoms with Crippen molar-refractivity contribution in [3.63, 3.8) is 0 Å². The monoisotopic (exact) mass is 517 g/mol. The van der Waals surface area contributed by atoms with E-state index in [-0.39, 0.29) is 12.0 Å². The van der Waals surface area contributed by atoms with Crippen molar-refractivity contribution in [3.8, 4) is 0 Å². The highest BCUT2D eigenvalue weighted by Crippen LogP contribution is 2.40. The van der Waals surface area contributed by atoms with Crippen molar-refractivity contribution >= 4 is 11.9 Å². The van der Waals surface area contributed by atoms with Crippen LogP contribution in [0.3, 0.4) is 0 Å². The summed E-state index contributed by atoms with van der Waals surface area (Å²) < 4.78 is 44.8. The van der Waals surface area contributed by atoms with Crippen LogP contribution in [0.5, 0.6) is 0 Å². The molecule has 4 rings (SSSR count). The van der Waals surface area contributed by atoms with Gasteiger partial charge < -0.3 is 10.1 Å². The first kappa shape index (κ1) is 26.7. The SMILES string of the molecule is COC(=O)[C@H](Cc1cccc(C(F)(F)F)c1)NC(=O)C(c1ccccc1)(c1ccccc1)c1ccccc1. The molecule has 0 aliphatic carbocycles. The average Bonchev–Trinajstić information content (AvgIpc) is 2.94. The van der Waals surface area contributed by atoms with Gasteiger partial charge in [0.15, 0.2) is 0 Å². The van der Waals surface area contributed by atoms with Crippen LogP contribution < -0.4 is 5.32 Å². The van der Waals surface area contributed by atoms with E-state index >= 15 is 0 Å². The first-order chi connectivity index (χ1) is 18.3. The van der Waals surface area contributed by atoms with Crippen molar-refractivity contribution < 1.29 is 27.5 Å². The van der Waals surface area contributed by atoms with Gasteiger partial charge in [-0.2, -0.15) is 13.2 Å². The first-order valence-corrected chi connectivity index (χ1v) is 12.0. The van der Waals surface area contributed by atoms with Gasteiger partial charge in [-0.05, 0) is 28.3 Å². The molecule has 1 N–H and O–H groups in total. The Morgan fingerprint density at radius 1 is 0.711 bits per heavy atom. The Labute approximate surface area is 219 Å². The van der Waals surface area contributed by atoms with E-state index in [1.165, 1.54) is 19.2 Å². The van der Waals surface area contributed by atoms with Gasteiger partial charge >= 0.3 is 12.1 Å². The summed E-state index contributed by atoms with van der Waals surface area (Å²) >= 11 is 0. The van der Waals surface area contributed by atoms with Crippen molar-refractivity contribution in [2.24, 2.45) is 0 Å². The molecule has 4 aromatic carbocycles. The normalized spacial score (nSPS) is 12.4. The van der Waals surface area contributed by atoms with Gasteiger partial charge in [0.1, 0.15) is 11.5 Å². The molecule has 38 heavy (non-hydrogen) atoms. The molecule has 4 nitrogen and oxygen atoms in total. The smallest absolute Gasteiger partial charge is 0.416 e. The maximum atomic E-state index is 14.4. The van der Waals surface area contributed by atoms with Gasteiger partial charge in [-0.15, -0.1) is 0 Å². The van der Waals surface area contributed by atoms with Crippen molar-refractivity contribution in [2.45, 2.75) is 24.1 Å². The lowest BCUT2D eigenvalue weighted by Crippen LogP contribution is -2.52. The van der Waals surface area contributed by atoms with Gasteiger partial charge in [0.2, 0.25) is 5.91 Å². The number of methoxy groups -OCH3 is 1. The van der Waals surface area contributed by atoms with Gasteiger partial charge in [0, 0.05) is 6.42 Å². The summed E-state index contributed by atoms with van der Waals surface area (Å²) in [4.78, 5) is 27.2. The highest BCUT2D eigenvalue weighted by atomic mass is 19.4. The number of carbonyl (C=O) groups is 2. The van der Waals surface area contributed by atoms with Crippen molar-refractivity contribution in [3.05, 3.63) is 143 Å². The topological polar surface area (TPSA) is 55.4 Å². The summed E-state index contributed by atoms with van der Waals surface area (Å²) in [6.45, 7) is 0. The summed E-state index contributed by atoms with van der Waals surface area (Å²) in [6, 6.07) is 30.9. The molecule has 4 aromatic rings. The number of ether oxygens (including phenoxy) is 1. The summed E-state index contributed by atoms with van der Waals surface area (Å²) in [5.74, 6) is -1.28. The lowest BCUT2D eigenvalue weighted by Gasteiger charge is -2.35. The minimum atomic E-state index is -4.54. The Balaban J connectivity index is 1.82. The Morgan fingerprint density at radius 2 is 1.16 bits per heavy atom. The molecule has 0 saturated carbocycles. The quantitative estimate of drug-likeness (QED) is 0.233. The Morgan fingerprint density at radius 3 is 1.58 bits per heavy atom. The van der Waals surface area contributed by atoms with Crippen LogP contribution in [-0.4, -0.2) is 25.0 Å². The molecular weight excluding hydrogens is 491 g/mol. The molecule has 0 aromatic heterocycles. The molecule has 0 bridgehead atoms. The molecular formula is C31H26F3NO3. The molecule has 1 atom stereocenters. The van der Waals surface area contributed by atoms with Crippen molar-refractivity contribution in [2.75, 3.05) is 7.11 Å². The third kappa shape index (κ3) is 5.47. The number of nitrogens with one attached hydrogen (secondary N) is 1. The molecule has 0 radical (unpaired) electrons. The van der Waals surface area contributed by atoms with E-state index in [2.05, 4.69) is 5.32 Å². The van der Waals surface area contributed by atoms with Crippen LogP contribution in [0.15, 0.2) is 115 Å². The zero-order valence-corrected chi connectivity index (χ0v) is 20.6. The number of alkyl halides is 3. The predicted octanol–water partition coefficient (Wildman–Crippen LogP) is 5.94. The number of halogens is 3. The number of hydrogen-bond acceptors (Lipinski definition) is 3. The summed E-state index contributed by atoms with van der Waals surface area (Å²) in [7, 11) is 1.17. The molecule has 1 amide bonds. The number of benzene rings is 4. The highest BCUT2D eigenvalue weighted by Gasteiger charge is 2.45. The summed E-state index contributed by atoms with van der Waals surface area (Å²) in [5, 5.41) is 2.82. The number of esters is 1. The van der Waals surface area contributed by atoms with E-state index in [1.807, 2.05) is 91.0 Å². The van der Waals surface area contributed by atoms with E-state index in [0.717, 1.165) is 12.1 Å². The highest BCUT2D eigenvalue weighted by molar-refractivity contribution is 5.98. The average molecular weight is 518 g/mol. The van der Waals surface area contributed by atoms with E-state index in [0.29, 0.717) is 16.7 Å². The molecule has 194 valence electrons. The van der Waals surface area contributed by atoms with Crippen LogP contribution >= 0.6 is 0 Å². The van der Waals surface area contributed by atoms with Crippen molar-refractivity contribution in [1.82, 2.24) is 5.32 Å². The van der Waals surface area contributed by atoms with Crippen LogP contribution in [0.1, 0.15) is 27.8 Å². The predicted molar refractivity (Wildman–Crippen MR) is 138 cm³/mol. The van der Waals surface area contributed by atoms with Crippen molar-refractivity contribution in [1.29, 1.82) is 0 Å². The minimum absolute atomic E-state index is 0.184. The second kappa shape index (κ2) is 11.3. The lowest BCUT2D eigenvalue weighted by atomic mass is 9.68.